The monoisotopic (exact) mass is 399 g/mol. The lowest BCUT2D eigenvalue weighted by Crippen LogP contribution is -2.35. The number of rotatable bonds is 3. The summed E-state index contributed by atoms with van der Waals surface area (Å²) < 4.78 is 19.1. The molecule has 2 aliphatic heterocycles. The predicted molar refractivity (Wildman–Crippen MR) is 93.4 cm³/mol. The Morgan fingerprint density at radius 1 is 1.29 bits per heavy atom. The third-order valence-electron chi connectivity index (χ3n) is 4.40. The molecule has 0 atom stereocenters. The zero-order valence-electron chi connectivity index (χ0n) is 14.2. The van der Waals surface area contributed by atoms with Crippen molar-refractivity contribution in [3.05, 3.63) is 57.9 Å². The number of nitrogens with zero attached hydrogens (tertiary/aromatic N) is 4. The van der Waals surface area contributed by atoms with E-state index in [1.807, 2.05) is 6.07 Å². The second kappa shape index (κ2) is 6.90. The Bertz CT molecular complexity index is 1100. The Morgan fingerprint density at radius 3 is 2.82 bits per heavy atom. The van der Waals surface area contributed by atoms with Gasteiger partial charge in [0.05, 0.1) is 17.8 Å². The quantitative estimate of drug-likeness (QED) is 0.783. The summed E-state index contributed by atoms with van der Waals surface area (Å²) >= 11 is 5.96. The maximum absolute atomic E-state index is 13.3. The highest BCUT2D eigenvalue weighted by molar-refractivity contribution is 6.47. The minimum absolute atomic E-state index is 0.0443. The first-order valence-electron chi connectivity index (χ1n) is 8.18. The summed E-state index contributed by atoms with van der Waals surface area (Å²) in [5, 5.41) is 11.2. The molecule has 0 saturated heterocycles. The maximum atomic E-state index is 13.3. The molecular weight excluding hydrogens is 389 g/mol. The molecular formula is C18H11ClFN5O3. The Morgan fingerprint density at radius 2 is 2.11 bits per heavy atom. The van der Waals surface area contributed by atoms with Crippen molar-refractivity contribution >= 4 is 23.4 Å². The predicted octanol–water partition coefficient (Wildman–Crippen LogP) is 1.74. The summed E-state index contributed by atoms with van der Waals surface area (Å²) in [6, 6.07) is 5.51. The van der Waals surface area contributed by atoms with E-state index in [-0.39, 0.29) is 34.5 Å². The number of fused-ring (bicyclic) bond motifs is 1. The summed E-state index contributed by atoms with van der Waals surface area (Å²) in [7, 11) is 0. The number of hydrogen-bond acceptors (Lipinski definition) is 7. The van der Waals surface area contributed by atoms with Crippen molar-refractivity contribution in [1.82, 2.24) is 20.2 Å². The van der Waals surface area contributed by atoms with Gasteiger partial charge in [-0.2, -0.15) is 5.26 Å². The number of benzene rings is 1. The van der Waals surface area contributed by atoms with Gasteiger partial charge in [-0.1, -0.05) is 11.6 Å². The van der Waals surface area contributed by atoms with Crippen molar-refractivity contribution in [2.24, 2.45) is 0 Å². The number of hydrogen-bond donors (Lipinski definition) is 1. The lowest BCUT2D eigenvalue weighted by molar-refractivity contribution is -0.124. The van der Waals surface area contributed by atoms with Crippen LogP contribution in [0.15, 0.2) is 35.3 Å². The molecule has 8 nitrogen and oxygen atoms in total. The van der Waals surface area contributed by atoms with Crippen LogP contribution in [0.3, 0.4) is 0 Å². The Balaban J connectivity index is 1.64. The molecule has 0 radical (unpaired) electrons. The van der Waals surface area contributed by atoms with Crippen LogP contribution in [0.5, 0.6) is 11.6 Å². The van der Waals surface area contributed by atoms with Gasteiger partial charge in [-0.25, -0.2) is 14.4 Å². The van der Waals surface area contributed by atoms with Crippen LogP contribution in [0.25, 0.3) is 0 Å². The van der Waals surface area contributed by atoms with Gasteiger partial charge in [-0.3, -0.25) is 14.9 Å². The van der Waals surface area contributed by atoms with Gasteiger partial charge in [0.25, 0.3) is 11.8 Å². The highest BCUT2D eigenvalue weighted by atomic mass is 35.5. The first kappa shape index (κ1) is 17.9. The largest absolute Gasteiger partial charge is 0.437 e. The molecule has 2 aromatic rings. The molecule has 2 amide bonds. The summed E-state index contributed by atoms with van der Waals surface area (Å²) in [5.74, 6) is -1.29. The van der Waals surface area contributed by atoms with Crippen molar-refractivity contribution in [3.63, 3.8) is 0 Å². The average Bonchev–Trinajstić information content (AvgIpc) is 2.94. The van der Waals surface area contributed by atoms with Crippen LogP contribution < -0.4 is 10.1 Å². The van der Waals surface area contributed by atoms with Gasteiger partial charge in [0.2, 0.25) is 5.88 Å². The first-order chi connectivity index (χ1) is 13.5. The molecule has 10 heteroatoms. The Hall–Kier alpha value is -3.51. The SMILES string of the molecule is N#Cc1cc(F)ccc1Oc1ncnc2c1CCN(C1=C(Cl)C(=O)NC1=O)C2. The van der Waals surface area contributed by atoms with E-state index in [0.717, 1.165) is 6.07 Å². The molecule has 1 aromatic carbocycles. The van der Waals surface area contributed by atoms with Gasteiger partial charge in [-0.05, 0) is 24.6 Å². The van der Waals surface area contributed by atoms with E-state index in [9.17, 15) is 14.0 Å². The highest BCUT2D eigenvalue weighted by Gasteiger charge is 2.35. The number of amides is 2. The van der Waals surface area contributed by atoms with E-state index in [1.54, 1.807) is 4.90 Å². The summed E-state index contributed by atoms with van der Waals surface area (Å²) in [4.78, 5) is 33.6. The van der Waals surface area contributed by atoms with Gasteiger partial charge in [-0.15, -0.1) is 0 Å². The molecule has 0 saturated carbocycles. The summed E-state index contributed by atoms with van der Waals surface area (Å²) in [5.41, 5.74) is 1.46. The van der Waals surface area contributed by atoms with E-state index < -0.39 is 17.6 Å². The van der Waals surface area contributed by atoms with E-state index >= 15 is 0 Å². The molecule has 0 fully saturated rings. The summed E-state index contributed by atoms with van der Waals surface area (Å²) in [6.45, 7) is 0.618. The number of aromatic nitrogens is 2. The topological polar surface area (TPSA) is 108 Å². The molecule has 4 rings (SSSR count). The molecule has 28 heavy (non-hydrogen) atoms. The van der Waals surface area contributed by atoms with Crippen LogP contribution in [0.2, 0.25) is 0 Å². The van der Waals surface area contributed by atoms with Gasteiger partial charge in [0, 0.05) is 12.1 Å². The standard InChI is InChI=1S/C18H11ClFN5O3/c19-14-15(17(27)24-16(14)26)25-4-3-11-12(7-25)22-8-23-18(11)28-13-2-1-10(20)5-9(13)6-21/h1-2,5,8H,3-4,7H2,(H,24,26,27). The minimum Gasteiger partial charge on any atom is -0.437 e. The van der Waals surface area contributed by atoms with E-state index in [1.165, 1.54) is 18.5 Å². The third-order valence-corrected chi connectivity index (χ3v) is 4.75. The fraction of sp³-hybridized carbons (Fsp3) is 0.167. The average molecular weight is 400 g/mol. The fourth-order valence-corrected chi connectivity index (χ4v) is 3.35. The highest BCUT2D eigenvalue weighted by Crippen LogP contribution is 2.32. The van der Waals surface area contributed by atoms with E-state index in [2.05, 4.69) is 15.3 Å². The maximum Gasteiger partial charge on any atom is 0.276 e. The molecule has 0 spiro atoms. The van der Waals surface area contributed by atoms with E-state index in [0.29, 0.717) is 24.2 Å². The molecule has 1 N–H and O–H groups in total. The van der Waals surface area contributed by atoms with Gasteiger partial charge >= 0.3 is 0 Å². The lowest BCUT2D eigenvalue weighted by atomic mass is 10.1. The number of carbonyl (C=O) groups excluding carboxylic acids is 2. The van der Waals surface area contributed by atoms with Crippen LogP contribution in [-0.2, 0) is 22.6 Å². The van der Waals surface area contributed by atoms with Crippen molar-refractivity contribution in [2.45, 2.75) is 13.0 Å². The molecule has 3 heterocycles. The van der Waals surface area contributed by atoms with Crippen molar-refractivity contribution in [3.8, 4) is 17.7 Å². The van der Waals surface area contributed by atoms with Gasteiger partial charge in [0.1, 0.15) is 34.7 Å². The van der Waals surface area contributed by atoms with Crippen LogP contribution in [0, 0.1) is 17.1 Å². The van der Waals surface area contributed by atoms with Crippen molar-refractivity contribution < 1.29 is 18.7 Å². The molecule has 140 valence electrons. The number of halogens is 2. The molecule has 1 aromatic heterocycles. The lowest BCUT2D eigenvalue weighted by Gasteiger charge is -2.30. The molecule has 0 aliphatic carbocycles. The number of nitrogens with one attached hydrogen (secondary N) is 1. The number of carbonyl (C=O) groups is 2. The van der Waals surface area contributed by atoms with Gasteiger partial charge < -0.3 is 9.64 Å². The smallest absolute Gasteiger partial charge is 0.276 e. The van der Waals surface area contributed by atoms with Crippen LogP contribution in [0.4, 0.5) is 4.39 Å². The number of imide groups is 1. The molecule has 0 unspecified atom stereocenters. The second-order valence-corrected chi connectivity index (χ2v) is 6.45. The van der Waals surface area contributed by atoms with E-state index in [4.69, 9.17) is 21.6 Å². The minimum atomic E-state index is -0.625. The normalized spacial score (nSPS) is 16.0. The van der Waals surface area contributed by atoms with Crippen LogP contribution in [0.1, 0.15) is 16.8 Å². The first-order valence-corrected chi connectivity index (χ1v) is 8.56. The van der Waals surface area contributed by atoms with Crippen LogP contribution in [-0.4, -0.2) is 33.2 Å². The zero-order chi connectivity index (χ0) is 19.8. The Kier molecular flexibility index (Phi) is 4.41. The Labute approximate surface area is 163 Å². The summed E-state index contributed by atoms with van der Waals surface area (Å²) in [6.07, 6.45) is 1.72. The number of nitriles is 1. The molecule has 0 bridgehead atoms. The second-order valence-electron chi connectivity index (χ2n) is 6.08. The van der Waals surface area contributed by atoms with Crippen molar-refractivity contribution in [2.75, 3.05) is 6.54 Å². The van der Waals surface area contributed by atoms with Gasteiger partial charge in [0.15, 0.2) is 0 Å². The zero-order valence-corrected chi connectivity index (χ0v) is 15.0. The molecule has 2 aliphatic rings. The third kappa shape index (κ3) is 3.04. The van der Waals surface area contributed by atoms with Crippen molar-refractivity contribution in [1.29, 1.82) is 5.26 Å². The number of ether oxygens (including phenoxy) is 1. The fourth-order valence-electron chi connectivity index (χ4n) is 3.09. The van der Waals surface area contributed by atoms with Crippen LogP contribution >= 0.6 is 11.6 Å².